The molecule has 1 spiro atoms. The summed E-state index contributed by atoms with van der Waals surface area (Å²) in [5, 5.41) is 21.2. The lowest BCUT2D eigenvalue weighted by atomic mass is 9.64. The first-order valence-electron chi connectivity index (χ1n) is 26.1. The Morgan fingerprint density at radius 1 is 0.795 bits per heavy atom. The van der Waals surface area contributed by atoms with E-state index in [-0.39, 0.29) is 49.8 Å². The predicted octanol–water partition coefficient (Wildman–Crippen LogP) is 9.42. The predicted molar refractivity (Wildman–Crippen MR) is 286 cm³/mol. The number of aliphatic hydroxyl groups is 1. The molecule has 5 aliphatic rings. The lowest BCUT2D eigenvalue weighted by molar-refractivity contribution is -0.384. The largest absolute Gasteiger partial charge is 0.493 e. The van der Waals surface area contributed by atoms with Crippen LogP contribution in [0.4, 0.5) is 16.2 Å². The fraction of sp³-hybridized carbons (Fsp3) is 0.290. The number of aliphatic hydroxyl groups excluding tert-OH is 1. The van der Waals surface area contributed by atoms with E-state index in [2.05, 4.69) is 17.9 Å². The second-order valence-corrected chi connectivity index (χ2v) is 20.0. The van der Waals surface area contributed by atoms with Crippen LogP contribution >= 0.6 is 0 Å². The van der Waals surface area contributed by atoms with Crippen LogP contribution < -0.4 is 19.1 Å². The van der Waals surface area contributed by atoms with E-state index in [1.807, 2.05) is 77.7 Å². The van der Waals surface area contributed by atoms with Gasteiger partial charge >= 0.3 is 12.1 Å². The SMILES string of the molecule is COc1cc2c(cc1OC)CN(C(=O)[C@H]1[C@@H]3C(=O)O[C@@H](c4ccccc4)[C@@H](c4ccccc4)N3[C@@H](c3ccc(OCCO)cc3)[C@]13C(=O)N(C(=O)OCc1ccc([N+](=O)[O-])cc1)c1ccc(C#CC4=CCCCC4)cc13)CC2. The van der Waals surface area contributed by atoms with Crippen molar-refractivity contribution in [3.05, 3.63) is 206 Å². The van der Waals surface area contributed by atoms with Gasteiger partial charge in [-0.3, -0.25) is 29.4 Å². The average Bonchev–Trinajstić information content (AvgIpc) is 3.10. The van der Waals surface area contributed by atoms with Crippen LogP contribution in [0.5, 0.6) is 17.2 Å². The fourth-order valence-electron chi connectivity index (χ4n) is 12.2. The van der Waals surface area contributed by atoms with E-state index in [1.165, 1.54) is 31.4 Å². The number of carbonyl (C=O) groups excluding carboxylic acids is 4. The lowest BCUT2D eigenvalue weighted by Crippen LogP contribution is -2.57. The Labute approximate surface area is 450 Å². The zero-order valence-corrected chi connectivity index (χ0v) is 43.0. The van der Waals surface area contributed by atoms with Crippen molar-refractivity contribution in [2.75, 3.05) is 38.9 Å². The third-order valence-corrected chi connectivity index (χ3v) is 15.7. The van der Waals surface area contributed by atoms with Crippen LogP contribution in [0.15, 0.2) is 151 Å². The number of esters is 1. The van der Waals surface area contributed by atoms with Gasteiger partial charge in [0, 0.05) is 30.8 Å². The Morgan fingerprint density at radius 3 is 2.17 bits per heavy atom. The summed E-state index contributed by atoms with van der Waals surface area (Å²) in [6, 6.07) is 36.8. The minimum atomic E-state index is -2.10. The zero-order chi connectivity index (χ0) is 54.1. The number of cyclic esters (lactones) is 1. The van der Waals surface area contributed by atoms with Gasteiger partial charge in [0.05, 0.1) is 49.4 Å². The molecule has 4 aliphatic heterocycles. The standard InChI is InChI=1S/C62H56N4O12/c1-74-51-35-45-30-31-63(37-46(45)36-52(51)75-2)58(68)53-55-59(69)78-56(43-16-10-5-11-17-43)54(42-14-8-4-9-15-42)65(55)57(44-23-27-48(28-24-44)76-33-32-67)62(53)49-34-40(19-18-39-12-6-3-7-13-39)22-29-50(49)64(60(62)70)61(71)77-38-41-20-25-47(26-21-41)66(72)73/h4-5,8-12,14-17,20-29,34-36,53-57,67H,3,6-7,13,30-33,37-38H2,1-2H3/t53-,54-,55-,56+,57+,62-/m1/s1. The van der Waals surface area contributed by atoms with E-state index in [4.69, 9.17) is 23.7 Å². The van der Waals surface area contributed by atoms with Crippen molar-refractivity contribution in [3.8, 4) is 29.1 Å². The Balaban J connectivity index is 1.16. The number of nitro benzene ring substituents is 1. The number of anilines is 1. The van der Waals surface area contributed by atoms with Gasteiger partial charge in [0.25, 0.3) is 5.69 Å². The summed E-state index contributed by atoms with van der Waals surface area (Å²) >= 11 is 0. The molecule has 0 saturated carbocycles. The molecule has 1 aliphatic carbocycles. The van der Waals surface area contributed by atoms with Crippen molar-refractivity contribution in [2.45, 2.75) is 74.9 Å². The van der Waals surface area contributed by atoms with Crippen LogP contribution in [0.25, 0.3) is 0 Å². The number of non-ortho nitro benzene ring substituents is 1. The van der Waals surface area contributed by atoms with Gasteiger partial charge in [0.1, 0.15) is 36.5 Å². The van der Waals surface area contributed by atoms with Gasteiger partial charge in [0.2, 0.25) is 11.8 Å². The number of benzene rings is 6. The molecule has 16 heteroatoms. The van der Waals surface area contributed by atoms with Crippen molar-refractivity contribution < 1.29 is 52.9 Å². The molecule has 0 radical (unpaired) electrons. The maximum absolute atomic E-state index is 16.9. The summed E-state index contributed by atoms with van der Waals surface area (Å²) in [6.45, 7) is -0.296. The number of fused-ring (bicyclic) bond motifs is 4. The van der Waals surface area contributed by atoms with Gasteiger partial charge in [-0.1, -0.05) is 90.7 Å². The number of amides is 3. The molecule has 11 rings (SSSR count). The van der Waals surface area contributed by atoms with Crippen molar-refractivity contribution >= 4 is 35.3 Å². The number of hydrogen-bond donors (Lipinski definition) is 1. The maximum Gasteiger partial charge on any atom is 0.421 e. The van der Waals surface area contributed by atoms with Crippen LogP contribution in [0, 0.1) is 27.9 Å². The second-order valence-electron chi connectivity index (χ2n) is 20.0. The molecule has 16 nitrogen and oxygen atoms in total. The summed E-state index contributed by atoms with van der Waals surface area (Å²) in [5.74, 6) is 4.49. The Hall–Kier alpha value is -8.78. The summed E-state index contributed by atoms with van der Waals surface area (Å²) in [5.41, 5.74) is 3.71. The highest BCUT2D eigenvalue weighted by Crippen LogP contribution is 2.66. The molecule has 4 heterocycles. The van der Waals surface area contributed by atoms with Crippen LogP contribution in [-0.2, 0) is 48.8 Å². The van der Waals surface area contributed by atoms with E-state index in [0.717, 1.165) is 52.8 Å². The molecule has 6 aromatic carbocycles. The van der Waals surface area contributed by atoms with Gasteiger partial charge in [-0.15, -0.1) is 0 Å². The van der Waals surface area contributed by atoms with Gasteiger partial charge in [-0.05, 0) is 131 Å². The Morgan fingerprint density at radius 2 is 1.50 bits per heavy atom. The first-order valence-corrected chi connectivity index (χ1v) is 26.1. The highest BCUT2D eigenvalue weighted by Gasteiger charge is 2.76. The minimum absolute atomic E-state index is 0.0132. The zero-order valence-electron chi connectivity index (χ0n) is 43.0. The molecule has 396 valence electrons. The first-order chi connectivity index (χ1) is 38.0. The van der Waals surface area contributed by atoms with E-state index in [1.54, 1.807) is 54.5 Å². The maximum atomic E-state index is 16.9. The molecule has 0 bridgehead atoms. The van der Waals surface area contributed by atoms with Crippen molar-refractivity contribution in [1.29, 1.82) is 0 Å². The molecule has 78 heavy (non-hydrogen) atoms. The smallest absolute Gasteiger partial charge is 0.421 e. The Bertz CT molecular complexity index is 3390. The third kappa shape index (κ3) is 9.18. The topological polar surface area (TPSA) is 188 Å². The number of hydrogen-bond acceptors (Lipinski definition) is 13. The molecule has 1 N–H and O–H groups in total. The van der Waals surface area contributed by atoms with E-state index < -0.39 is 64.4 Å². The number of rotatable bonds is 12. The van der Waals surface area contributed by atoms with E-state index >= 15 is 19.2 Å². The quantitative estimate of drug-likeness (QED) is 0.0529. The Kier molecular flexibility index (Phi) is 14.3. The number of ether oxygens (including phenoxy) is 5. The number of nitro groups is 1. The van der Waals surface area contributed by atoms with Crippen LogP contribution in [0.3, 0.4) is 0 Å². The number of morpholine rings is 1. The first kappa shape index (κ1) is 51.3. The second kappa shape index (κ2) is 21.7. The number of imide groups is 1. The molecule has 2 saturated heterocycles. The van der Waals surface area contributed by atoms with E-state index in [9.17, 15) is 15.2 Å². The summed E-state index contributed by atoms with van der Waals surface area (Å²) in [7, 11) is 3.10. The van der Waals surface area contributed by atoms with Crippen LogP contribution in [-0.4, -0.2) is 83.7 Å². The third-order valence-electron chi connectivity index (χ3n) is 15.7. The van der Waals surface area contributed by atoms with Crippen molar-refractivity contribution in [3.63, 3.8) is 0 Å². The van der Waals surface area contributed by atoms with Crippen LogP contribution in [0.2, 0.25) is 0 Å². The number of nitrogens with zero attached hydrogens (tertiary/aromatic N) is 4. The molecule has 6 atom stereocenters. The highest BCUT2D eigenvalue weighted by atomic mass is 16.6. The minimum Gasteiger partial charge on any atom is -0.493 e. The molecule has 6 aromatic rings. The van der Waals surface area contributed by atoms with Crippen LogP contribution in [0.1, 0.15) is 88.4 Å². The lowest BCUT2D eigenvalue weighted by Gasteiger charge is -2.46. The fourth-order valence-corrected chi connectivity index (χ4v) is 12.2. The molecule has 0 aromatic heterocycles. The summed E-state index contributed by atoms with van der Waals surface area (Å²) in [6.07, 6.45) is 4.29. The van der Waals surface area contributed by atoms with Crippen molar-refractivity contribution in [2.24, 2.45) is 5.92 Å². The molecular formula is C62H56N4O12. The van der Waals surface area contributed by atoms with Gasteiger partial charge < -0.3 is 33.7 Å². The number of methoxy groups -OCH3 is 2. The number of carbonyl (C=O) groups is 4. The molecule has 2 fully saturated rings. The molecule has 0 unspecified atom stereocenters. The number of allylic oxidation sites excluding steroid dienone is 2. The van der Waals surface area contributed by atoms with Gasteiger partial charge in [-0.2, -0.15) is 0 Å². The molecular weight excluding hydrogens is 993 g/mol. The normalized spacial score (nSPS) is 22.2. The van der Waals surface area contributed by atoms with Gasteiger partial charge in [-0.25, -0.2) is 9.69 Å². The van der Waals surface area contributed by atoms with Gasteiger partial charge in [0.15, 0.2) is 11.5 Å². The highest BCUT2D eigenvalue weighted by molar-refractivity contribution is 6.23. The summed E-state index contributed by atoms with van der Waals surface area (Å²) in [4.78, 5) is 80.1. The monoisotopic (exact) mass is 1050 g/mol. The summed E-state index contributed by atoms with van der Waals surface area (Å²) < 4.78 is 29.9. The molecule has 3 amide bonds. The average molecular weight is 1050 g/mol. The van der Waals surface area contributed by atoms with E-state index in [0.29, 0.717) is 45.9 Å². The van der Waals surface area contributed by atoms with Crippen molar-refractivity contribution in [1.82, 2.24) is 9.80 Å².